The van der Waals surface area contributed by atoms with Crippen LogP contribution in [-0.4, -0.2) is 25.5 Å². The average Bonchev–Trinajstić information content (AvgIpc) is 2.64. The number of amides is 2. The van der Waals surface area contributed by atoms with Crippen molar-refractivity contribution in [2.75, 3.05) is 19.0 Å². The molecule has 2 amide bonds. The molecule has 2 aromatic rings. The zero-order chi connectivity index (χ0) is 18.9. The molecule has 2 aromatic carbocycles. The summed E-state index contributed by atoms with van der Waals surface area (Å²) in [7, 11) is 1.62. The van der Waals surface area contributed by atoms with Crippen LogP contribution < -0.4 is 15.4 Å². The molecule has 26 heavy (non-hydrogen) atoms. The van der Waals surface area contributed by atoms with E-state index in [-0.39, 0.29) is 11.8 Å². The van der Waals surface area contributed by atoms with Crippen molar-refractivity contribution in [2.24, 2.45) is 5.92 Å². The lowest BCUT2D eigenvalue weighted by Gasteiger charge is -2.10. The monoisotopic (exact) mass is 354 g/mol. The molecule has 0 heterocycles. The summed E-state index contributed by atoms with van der Waals surface area (Å²) in [5.41, 5.74) is 2.15. The Bertz CT molecular complexity index is 756. The number of hydrogen-bond donors (Lipinski definition) is 2. The lowest BCUT2D eigenvalue weighted by Crippen LogP contribution is -2.27. The minimum Gasteiger partial charge on any atom is -0.496 e. The predicted octanol–water partition coefficient (Wildman–Crippen LogP) is 3.65. The fourth-order valence-electron chi connectivity index (χ4n) is 2.52. The van der Waals surface area contributed by atoms with E-state index >= 15 is 0 Å². The quantitative estimate of drug-likeness (QED) is 0.760. The standard InChI is InChI=1S/C21H26N2O3/c1-15(2)14-22-21(25)17-8-6-9-18(13-17)23-20(24)12-11-16-7-4-5-10-19(16)26-3/h4-10,13,15H,11-12,14H2,1-3H3,(H,22,25)(H,23,24). The van der Waals surface area contributed by atoms with E-state index in [1.54, 1.807) is 31.4 Å². The van der Waals surface area contributed by atoms with Crippen LogP contribution in [-0.2, 0) is 11.2 Å². The van der Waals surface area contributed by atoms with Gasteiger partial charge in [-0.05, 0) is 42.2 Å². The maximum absolute atomic E-state index is 12.2. The molecule has 0 radical (unpaired) electrons. The number of hydrogen-bond acceptors (Lipinski definition) is 3. The van der Waals surface area contributed by atoms with E-state index in [9.17, 15) is 9.59 Å². The first kappa shape index (κ1) is 19.5. The Morgan fingerprint density at radius 2 is 1.85 bits per heavy atom. The lowest BCUT2D eigenvalue weighted by molar-refractivity contribution is -0.116. The van der Waals surface area contributed by atoms with Crippen molar-refractivity contribution in [2.45, 2.75) is 26.7 Å². The predicted molar refractivity (Wildman–Crippen MR) is 104 cm³/mol. The van der Waals surface area contributed by atoms with E-state index in [1.165, 1.54) is 0 Å². The molecule has 0 saturated heterocycles. The Labute approximate surface area is 154 Å². The molecular formula is C21H26N2O3. The first-order valence-corrected chi connectivity index (χ1v) is 8.79. The largest absolute Gasteiger partial charge is 0.496 e. The third kappa shape index (κ3) is 5.92. The Morgan fingerprint density at radius 1 is 1.08 bits per heavy atom. The van der Waals surface area contributed by atoms with Crippen LogP contribution in [0.2, 0.25) is 0 Å². The highest BCUT2D eigenvalue weighted by atomic mass is 16.5. The number of nitrogens with one attached hydrogen (secondary N) is 2. The number of aryl methyl sites for hydroxylation is 1. The maximum Gasteiger partial charge on any atom is 0.251 e. The topological polar surface area (TPSA) is 67.4 Å². The number of carbonyl (C=O) groups is 2. The molecule has 2 rings (SSSR count). The fourth-order valence-corrected chi connectivity index (χ4v) is 2.52. The van der Waals surface area contributed by atoms with E-state index in [4.69, 9.17) is 4.74 Å². The summed E-state index contributed by atoms with van der Waals surface area (Å²) in [4.78, 5) is 24.4. The number of ether oxygens (including phenoxy) is 1. The average molecular weight is 354 g/mol. The Kier molecular flexibility index (Phi) is 7.21. The van der Waals surface area contributed by atoms with Crippen LogP contribution in [0.4, 0.5) is 5.69 Å². The van der Waals surface area contributed by atoms with Crippen molar-refractivity contribution in [3.8, 4) is 5.75 Å². The normalized spacial score (nSPS) is 10.5. The van der Waals surface area contributed by atoms with E-state index in [1.807, 2.05) is 38.1 Å². The second-order valence-electron chi connectivity index (χ2n) is 6.54. The summed E-state index contributed by atoms with van der Waals surface area (Å²) in [6.07, 6.45) is 0.925. The van der Waals surface area contributed by atoms with Crippen molar-refractivity contribution >= 4 is 17.5 Å². The molecule has 0 bridgehead atoms. The molecule has 0 aliphatic heterocycles. The Morgan fingerprint density at radius 3 is 2.58 bits per heavy atom. The summed E-state index contributed by atoms with van der Waals surface area (Å²) in [6.45, 7) is 4.70. The molecule has 0 aliphatic carbocycles. The van der Waals surface area contributed by atoms with Gasteiger partial charge >= 0.3 is 0 Å². The molecule has 0 atom stereocenters. The minimum atomic E-state index is -0.135. The summed E-state index contributed by atoms with van der Waals surface area (Å²) < 4.78 is 5.30. The van der Waals surface area contributed by atoms with E-state index in [2.05, 4.69) is 10.6 Å². The summed E-state index contributed by atoms with van der Waals surface area (Å²) >= 11 is 0. The van der Waals surface area contributed by atoms with E-state index in [0.29, 0.717) is 36.6 Å². The molecule has 0 aromatic heterocycles. The number of anilines is 1. The fraction of sp³-hybridized carbons (Fsp3) is 0.333. The molecule has 138 valence electrons. The molecular weight excluding hydrogens is 328 g/mol. The van der Waals surface area contributed by atoms with Gasteiger partial charge in [0.2, 0.25) is 5.91 Å². The summed E-state index contributed by atoms with van der Waals surface area (Å²) in [6, 6.07) is 14.6. The van der Waals surface area contributed by atoms with Crippen LogP contribution >= 0.6 is 0 Å². The van der Waals surface area contributed by atoms with Crippen LogP contribution in [0.3, 0.4) is 0 Å². The van der Waals surface area contributed by atoms with Gasteiger partial charge in [0.25, 0.3) is 5.91 Å². The molecule has 0 aliphatic rings. The van der Waals surface area contributed by atoms with Crippen molar-refractivity contribution in [3.63, 3.8) is 0 Å². The second-order valence-corrected chi connectivity index (χ2v) is 6.54. The van der Waals surface area contributed by atoms with Crippen molar-refractivity contribution in [3.05, 3.63) is 59.7 Å². The van der Waals surface area contributed by atoms with Gasteiger partial charge in [-0.25, -0.2) is 0 Å². The van der Waals surface area contributed by atoms with Gasteiger partial charge in [0, 0.05) is 24.2 Å². The Hall–Kier alpha value is -2.82. The molecule has 5 heteroatoms. The third-order valence-electron chi connectivity index (χ3n) is 3.89. The Balaban J connectivity index is 1.92. The highest BCUT2D eigenvalue weighted by Gasteiger charge is 2.09. The third-order valence-corrected chi connectivity index (χ3v) is 3.89. The van der Waals surface area contributed by atoms with E-state index < -0.39 is 0 Å². The highest BCUT2D eigenvalue weighted by Crippen LogP contribution is 2.19. The number of benzene rings is 2. The van der Waals surface area contributed by atoms with Gasteiger partial charge in [0.15, 0.2) is 0 Å². The van der Waals surface area contributed by atoms with Gasteiger partial charge in [-0.1, -0.05) is 38.1 Å². The van der Waals surface area contributed by atoms with Gasteiger partial charge in [-0.2, -0.15) is 0 Å². The van der Waals surface area contributed by atoms with Crippen LogP contribution in [0.1, 0.15) is 36.2 Å². The first-order valence-electron chi connectivity index (χ1n) is 8.79. The molecule has 0 saturated carbocycles. The van der Waals surface area contributed by atoms with Gasteiger partial charge in [0.05, 0.1) is 7.11 Å². The van der Waals surface area contributed by atoms with Gasteiger partial charge in [-0.3, -0.25) is 9.59 Å². The molecule has 0 unspecified atom stereocenters. The minimum absolute atomic E-state index is 0.101. The van der Waals surface area contributed by atoms with Crippen molar-refractivity contribution in [1.29, 1.82) is 0 Å². The van der Waals surface area contributed by atoms with Gasteiger partial charge < -0.3 is 15.4 Å². The summed E-state index contributed by atoms with van der Waals surface area (Å²) in [5, 5.41) is 5.72. The zero-order valence-corrected chi connectivity index (χ0v) is 15.5. The van der Waals surface area contributed by atoms with Crippen LogP contribution in [0.5, 0.6) is 5.75 Å². The first-order chi connectivity index (χ1) is 12.5. The molecule has 5 nitrogen and oxygen atoms in total. The van der Waals surface area contributed by atoms with Crippen LogP contribution in [0.25, 0.3) is 0 Å². The van der Waals surface area contributed by atoms with E-state index in [0.717, 1.165) is 11.3 Å². The lowest BCUT2D eigenvalue weighted by atomic mass is 10.1. The van der Waals surface area contributed by atoms with Crippen molar-refractivity contribution < 1.29 is 14.3 Å². The SMILES string of the molecule is COc1ccccc1CCC(=O)Nc1cccc(C(=O)NCC(C)C)c1. The van der Waals surface area contributed by atoms with Gasteiger partial charge in [-0.15, -0.1) is 0 Å². The van der Waals surface area contributed by atoms with Crippen LogP contribution in [0, 0.1) is 5.92 Å². The number of carbonyl (C=O) groups excluding carboxylic acids is 2. The highest BCUT2D eigenvalue weighted by molar-refractivity contribution is 5.97. The molecule has 0 fully saturated rings. The number of rotatable bonds is 8. The molecule has 0 spiro atoms. The number of para-hydroxylation sites is 1. The van der Waals surface area contributed by atoms with Crippen LogP contribution in [0.15, 0.2) is 48.5 Å². The van der Waals surface area contributed by atoms with Gasteiger partial charge in [0.1, 0.15) is 5.75 Å². The molecule has 2 N–H and O–H groups in total. The second kappa shape index (κ2) is 9.61. The van der Waals surface area contributed by atoms with Crippen molar-refractivity contribution in [1.82, 2.24) is 5.32 Å². The number of methoxy groups -OCH3 is 1. The maximum atomic E-state index is 12.2. The summed E-state index contributed by atoms with van der Waals surface area (Å²) in [5.74, 6) is 0.931. The zero-order valence-electron chi connectivity index (χ0n) is 15.5. The smallest absolute Gasteiger partial charge is 0.251 e.